The summed E-state index contributed by atoms with van der Waals surface area (Å²) < 4.78 is 5.87. The van der Waals surface area contributed by atoms with Crippen molar-refractivity contribution in [3.05, 3.63) is 64.7 Å². The van der Waals surface area contributed by atoms with Crippen LogP contribution in [0.4, 0.5) is 0 Å². The van der Waals surface area contributed by atoms with E-state index in [0.29, 0.717) is 17.5 Å². The number of rotatable bonds is 4. The third-order valence-electron chi connectivity index (χ3n) is 3.56. The highest BCUT2D eigenvalue weighted by atomic mass is 35.5. The quantitative estimate of drug-likeness (QED) is 0.656. The van der Waals surface area contributed by atoms with Gasteiger partial charge >= 0.3 is 0 Å². The maximum Gasteiger partial charge on any atom is 0.138 e. The van der Waals surface area contributed by atoms with Crippen LogP contribution < -0.4 is 4.74 Å². The second kappa shape index (κ2) is 8.09. The van der Waals surface area contributed by atoms with Crippen LogP contribution in [0.15, 0.2) is 54.2 Å². The van der Waals surface area contributed by atoms with Crippen LogP contribution in [0.5, 0.6) is 5.75 Å². The third-order valence-corrected chi connectivity index (χ3v) is 3.85. The molecule has 0 spiro atoms. The molecule has 0 fully saturated rings. The van der Waals surface area contributed by atoms with Gasteiger partial charge in [0.25, 0.3) is 0 Å². The van der Waals surface area contributed by atoms with Crippen LogP contribution in [0.3, 0.4) is 0 Å². The highest BCUT2D eigenvalue weighted by Crippen LogP contribution is 2.28. The van der Waals surface area contributed by atoms with Gasteiger partial charge in [0.05, 0.1) is 5.02 Å². The van der Waals surface area contributed by atoms with E-state index in [1.54, 1.807) is 0 Å². The van der Waals surface area contributed by atoms with E-state index < -0.39 is 0 Å². The molecule has 0 amide bonds. The van der Waals surface area contributed by atoms with Gasteiger partial charge in [-0.05, 0) is 48.4 Å². The summed E-state index contributed by atoms with van der Waals surface area (Å²) >= 11 is 6.30. The molecule has 0 atom stereocenters. The largest absolute Gasteiger partial charge is 0.487 e. The van der Waals surface area contributed by atoms with Crippen LogP contribution in [0.1, 0.15) is 44.6 Å². The fourth-order valence-corrected chi connectivity index (χ4v) is 2.45. The Kier molecular flexibility index (Phi) is 6.13. The van der Waals surface area contributed by atoms with Crippen LogP contribution in [0.25, 0.3) is 0 Å². The molecule has 0 unspecified atom stereocenters. The number of hydrogen-bond donors (Lipinski definition) is 0. The maximum absolute atomic E-state index is 6.30. The molecule has 1 aliphatic rings. The molecule has 1 aromatic rings. The average Bonchev–Trinajstić information content (AvgIpc) is 2.59. The highest BCUT2D eigenvalue weighted by Gasteiger charge is 2.06. The van der Waals surface area contributed by atoms with Crippen molar-refractivity contribution < 1.29 is 4.74 Å². The molecule has 0 bridgehead atoms. The van der Waals surface area contributed by atoms with Gasteiger partial charge in [0.1, 0.15) is 12.4 Å². The zero-order valence-corrected chi connectivity index (χ0v) is 13.6. The number of halogens is 1. The van der Waals surface area contributed by atoms with Crippen LogP contribution in [-0.4, -0.2) is 6.61 Å². The van der Waals surface area contributed by atoms with Crippen molar-refractivity contribution in [1.29, 1.82) is 0 Å². The number of ether oxygens (including phenoxy) is 1. The summed E-state index contributed by atoms with van der Waals surface area (Å²) in [5.41, 5.74) is 2.43. The number of hydrogen-bond acceptors (Lipinski definition) is 1. The second-order valence-electron chi connectivity index (χ2n) is 5.63. The Morgan fingerprint density at radius 1 is 1.19 bits per heavy atom. The molecule has 1 aromatic carbocycles. The van der Waals surface area contributed by atoms with Gasteiger partial charge in [0, 0.05) is 0 Å². The smallest absolute Gasteiger partial charge is 0.138 e. The first-order chi connectivity index (χ1) is 10.2. The molecular formula is C19H23ClO. The van der Waals surface area contributed by atoms with Crippen LogP contribution in [0.2, 0.25) is 5.02 Å². The van der Waals surface area contributed by atoms with E-state index in [2.05, 4.69) is 50.3 Å². The standard InChI is InChI=1S/C19H23ClO/c1-15(2)17-11-12-19(18(20)13-17)21-14-16-9-7-5-3-4-6-8-10-16/h3,5,7,9-13,15H,4,6,8,14H2,1-2H3/b5-3+,9-7-,16-10+. The third kappa shape index (κ3) is 5.09. The molecular weight excluding hydrogens is 280 g/mol. The predicted molar refractivity (Wildman–Crippen MR) is 91.3 cm³/mol. The molecule has 1 nitrogen and oxygen atoms in total. The van der Waals surface area contributed by atoms with Gasteiger partial charge in [-0.1, -0.05) is 61.9 Å². The fourth-order valence-electron chi connectivity index (χ4n) is 2.21. The lowest BCUT2D eigenvalue weighted by atomic mass is 10.0. The Hall–Kier alpha value is -1.47. The SMILES string of the molecule is CC(C)c1ccc(OCC2=C/CCC/C=C/C=C\2)c(Cl)c1. The van der Waals surface area contributed by atoms with Gasteiger partial charge in [0.15, 0.2) is 0 Å². The average molecular weight is 303 g/mol. The Labute approximate surface area is 133 Å². The first kappa shape index (κ1) is 15.9. The molecule has 2 rings (SSSR count). The van der Waals surface area contributed by atoms with Gasteiger partial charge in [-0.2, -0.15) is 0 Å². The Morgan fingerprint density at radius 2 is 2.05 bits per heavy atom. The summed E-state index contributed by atoms with van der Waals surface area (Å²) in [5.74, 6) is 1.23. The molecule has 0 N–H and O–H groups in total. The lowest BCUT2D eigenvalue weighted by Gasteiger charge is -2.11. The van der Waals surface area contributed by atoms with Crippen molar-refractivity contribution >= 4 is 11.6 Å². The summed E-state index contributed by atoms with van der Waals surface area (Å²) in [6, 6.07) is 6.05. The summed E-state index contributed by atoms with van der Waals surface area (Å²) in [4.78, 5) is 0. The van der Waals surface area contributed by atoms with E-state index in [-0.39, 0.29) is 0 Å². The first-order valence-corrected chi connectivity index (χ1v) is 7.99. The van der Waals surface area contributed by atoms with Gasteiger partial charge in [-0.3, -0.25) is 0 Å². The van der Waals surface area contributed by atoms with Gasteiger partial charge in [-0.15, -0.1) is 0 Å². The summed E-state index contributed by atoms with van der Waals surface area (Å²) in [6.07, 6.45) is 14.2. The van der Waals surface area contributed by atoms with Crippen molar-refractivity contribution in [2.45, 2.75) is 39.0 Å². The minimum absolute atomic E-state index is 0.475. The molecule has 0 saturated carbocycles. The van der Waals surface area contributed by atoms with Gasteiger partial charge in [-0.25, -0.2) is 0 Å². The van der Waals surface area contributed by atoms with Crippen molar-refractivity contribution in [2.24, 2.45) is 0 Å². The first-order valence-electron chi connectivity index (χ1n) is 7.61. The van der Waals surface area contributed by atoms with E-state index in [1.807, 2.05) is 12.1 Å². The molecule has 0 aliphatic heterocycles. The van der Waals surface area contributed by atoms with Crippen molar-refractivity contribution in [2.75, 3.05) is 6.61 Å². The van der Waals surface area contributed by atoms with Crippen molar-refractivity contribution in [3.8, 4) is 5.75 Å². The lowest BCUT2D eigenvalue weighted by molar-refractivity contribution is 0.355. The van der Waals surface area contributed by atoms with Crippen molar-refractivity contribution in [3.63, 3.8) is 0 Å². The molecule has 21 heavy (non-hydrogen) atoms. The summed E-state index contributed by atoms with van der Waals surface area (Å²) in [6.45, 7) is 4.88. The molecule has 112 valence electrons. The van der Waals surface area contributed by atoms with Crippen molar-refractivity contribution in [1.82, 2.24) is 0 Å². The molecule has 0 aromatic heterocycles. The van der Waals surface area contributed by atoms with Crippen LogP contribution >= 0.6 is 11.6 Å². The zero-order valence-electron chi connectivity index (χ0n) is 12.8. The Bertz CT molecular complexity index is 553. The van der Waals surface area contributed by atoms with Crippen LogP contribution in [0, 0.1) is 0 Å². The Balaban J connectivity index is 2.01. The minimum Gasteiger partial charge on any atom is -0.487 e. The molecule has 0 heterocycles. The van der Waals surface area contributed by atoms with Crippen LogP contribution in [-0.2, 0) is 0 Å². The Morgan fingerprint density at radius 3 is 2.81 bits per heavy atom. The summed E-state index contributed by atoms with van der Waals surface area (Å²) in [5, 5.41) is 0.689. The molecule has 1 aliphatic carbocycles. The number of allylic oxidation sites excluding steroid dienone is 4. The number of benzene rings is 1. The molecule has 2 heteroatoms. The molecule has 0 radical (unpaired) electrons. The summed E-state index contributed by atoms with van der Waals surface area (Å²) in [7, 11) is 0. The fraction of sp³-hybridized carbons (Fsp3) is 0.368. The zero-order chi connectivity index (χ0) is 15.1. The van der Waals surface area contributed by atoms with E-state index >= 15 is 0 Å². The monoisotopic (exact) mass is 302 g/mol. The van der Waals surface area contributed by atoms with Gasteiger partial charge < -0.3 is 4.74 Å². The minimum atomic E-state index is 0.475. The van der Waals surface area contributed by atoms with E-state index in [4.69, 9.17) is 16.3 Å². The van der Waals surface area contributed by atoms with E-state index in [1.165, 1.54) is 17.6 Å². The highest BCUT2D eigenvalue weighted by molar-refractivity contribution is 6.32. The predicted octanol–water partition coefficient (Wildman–Crippen LogP) is 6.06. The maximum atomic E-state index is 6.30. The normalized spacial score (nSPS) is 20.9. The lowest BCUT2D eigenvalue weighted by Crippen LogP contribution is -2.01. The second-order valence-corrected chi connectivity index (χ2v) is 6.04. The topological polar surface area (TPSA) is 9.23 Å². The van der Waals surface area contributed by atoms with E-state index in [0.717, 1.165) is 18.6 Å². The molecule has 0 saturated heterocycles. The van der Waals surface area contributed by atoms with E-state index in [9.17, 15) is 0 Å². The van der Waals surface area contributed by atoms with Gasteiger partial charge in [0.2, 0.25) is 0 Å².